The number of rotatable bonds is 16. The predicted molar refractivity (Wildman–Crippen MR) is 111 cm³/mol. The summed E-state index contributed by atoms with van der Waals surface area (Å²) in [7, 11) is 0. The number of aryl methyl sites for hydroxylation is 1. The van der Waals surface area contributed by atoms with Crippen LogP contribution in [-0.4, -0.2) is 5.11 Å². The smallest absolute Gasteiger partial charge is 0.118 e. The maximum Gasteiger partial charge on any atom is 0.118 e. The van der Waals surface area contributed by atoms with Crippen molar-refractivity contribution in [2.75, 3.05) is 0 Å². The molecule has 1 heteroatoms. The van der Waals surface area contributed by atoms with E-state index in [0.29, 0.717) is 5.75 Å². The van der Waals surface area contributed by atoms with Crippen LogP contribution in [0.3, 0.4) is 0 Å². The molecule has 1 aromatic rings. The van der Waals surface area contributed by atoms with E-state index in [2.05, 4.69) is 13.8 Å². The van der Waals surface area contributed by atoms with Crippen molar-refractivity contribution >= 4 is 0 Å². The van der Waals surface area contributed by atoms with Gasteiger partial charge in [0.2, 0.25) is 0 Å². The topological polar surface area (TPSA) is 20.2 Å². The molecule has 0 aromatic heterocycles. The van der Waals surface area contributed by atoms with Gasteiger partial charge in [0.15, 0.2) is 0 Å². The third kappa shape index (κ3) is 13.0. The van der Waals surface area contributed by atoms with Crippen molar-refractivity contribution in [3.63, 3.8) is 0 Å². The fourth-order valence-corrected chi connectivity index (χ4v) is 3.53. The molecule has 0 saturated carbocycles. The minimum absolute atomic E-state index is 0.461. The number of para-hydroxylation sites is 1. The fraction of sp³-hybridized carbons (Fsp3) is 0.750. The Morgan fingerprint density at radius 3 is 1.56 bits per heavy atom. The molecule has 0 aliphatic rings. The van der Waals surface area contributed by atoms with Crippen LogP contribution in [0.15, 0.2) is 24.3 Å². The lowest BCUT2D eigenvalue weighted by Gasteiger charge is -2.05. The van der Waals surface area contributed by atoms with E-state index in [1.165, 1.54) is 89.9 Å². The van der Waals surface area contributed by atoms with Crippen molar-refractivity contribution in [3.05, 3.63) is 29.8 Å². The van der Waals surface area contributed by atoms with E-state index in [1.54, 1.807) is 6.07 Å². The van der Waals surface area contributed by atoms with Gasteiger partial charge in [0.1, 0.15) is 5.75 Å². The fourth-order valence-electron chi connectivity index (χ4n) is 3.53. The van der Waals surface area contributed by atoms with E-state index in [9.17, 15) is 5.11 Å². The Bertz CT molecular complexity index is 410. The highest BCUT2D eigenvalue weighted by atomic mass is 16.3. The molecule has 0 unspecified atom stereocenters. The Labute approximate surface area is 157 Å². The molecule has 0 atom stereocenters. The molecular weight excluding hydrogens is 304 g/mol. The molecule has 0 heterocycles. The summed E-state index contributed by atoms with van der Waals surface area (Å²) in [4.78, 5) is 0. The van der Waals surface area contributed by atoms with Crippen molar-refractivity contribution in [1.29, 1.82) is 0 Å². The highest BCUT2D eigenvalue weighted by molar-refractivity contribution is 5.31. The summed E-state index contributed by atoms with van der Waals surface area (Å²) in [5.41, 5.74) is 1.10. The molecule has 0 saturated heterocycles. The molecule has 1 N–H and O–H groups in total. The van der Waals surface area contributed by atoms with Gasteiger partial charge >= 0.3 is 0 Å². The van der Waals surface area contributed by atoms with Crippen molar-refractivity contribution in [1.82, 2.24) is 0 Å². The second kappa shape index (κ2) is 15.3. The number of unbranched alkanes of at least 4 members (excludes halogenated alkanes) is 12. The highest BCUT2D eigenvalue weighted by Gasteiger charge is 1.99. The molecule has 0 fully saturated rings. The zero-order chi connectivity index (χ0) is 18.2. The lowest BCUT2D eigenvalue weighted by molar-refractivity contribution is 0.465. The van der Waals surface area contributed by atoms with E-state index in [0.717, 1.165) is 17.9 Å². The molecule has 25 heavy (non-hydrogen) atoms. The van der Waals surface area contributed by atoms with Crippen molar-refractivity contribution in [2.45, 2.75) is 110 Å². The van der Waals surface area contributed by atoms with Gasteiger partial charge in [-0.1, -0.05) is 116 Å². The van der Waals surface area contributed by atoms with E-state index >= 15 is 0 Å². The average Bonchev–Trinajstić information content (AvgIpc) is 2.59. The molecule has 0 spiro atoms. The first-order valence-electron chi connectivity index (χ1n) is 11.0. The van der Waals surface area contributed by atoms with E-state index < -0.39 is 0 Å². The van der Waals surface area contributed by atoms with E-state index in [4.69, 9.17) is 0 Å². The summed E-state index contributed by atoms with van der Waals surface area (Å²) in [6.45, 7) is 4.66. The number of hydrogen-bond acceptors (Lipinski definition) is 1. The SMILES string of the molecule is CC(C)CCCCCCCCCCCCCCCc1ccccc1O. The van der Waals surface area contributed by atoms with Crippen LogP contribution >= 0.6 is 0 Å². The van der Waals surface area contributed by atoms with E-state index in [-0.39, 0.29) is 0 Å². The van der Waals surface area contributed by atoms with Gasteiger partial charge < -0.3 is 5.11 Å². The quantitative estimate of drug-likeness (QED) is 0.300. The van der Waals surface area contributed by atoms with Crippen LogP contribution in [0.1, 0.15) is 109 Å². The third-order valence-electron chi connectivity index (χ3n) is 5.22. The van der Waals surface area contributed by atoms with Crippen molar-refractivity contribution in [3.8, 4) is 5.75 Å². The van der Waals surface area contributed by atoms with Gasteiger partial charge in [-0.05, 0) is 30.4 Å². The Morgan fingerprint density at radius 2 is 1.08 bits per heavy atom. The van der Waals surface area contributed by atoms with Crippen molar-refractivity contribution in [2.24, 2.45) is 5.92 Å². The molecule has 1 nitrogen and oxygen atoms in total. The molecule has 0 amide bonds. The summed E-state index contributed by atoms with van der Waals surface area (Å²) in [6.07, 6.45) is 20.6. The van der Waals surface area contributed by atoms with Crippen LogP contribution in [0.4, 0.5) is 0 Å². The van der Waals surface area contributed by atoms with Gasteiger partial charge in [-0.3, -0.25) is 0 Å². The third-order valence-corrected chi connectivity index (χ3v) is 5.22. The molecule has 144 valence electrons. The molecule has 0 aliphatic heterocycles. The maximum atomic E-state index is 9.74. The molecule has 1 rings (SSSR count). The Morgan fingerprint density at radius 1 is 0.640 bits per heavy atom. The lowest BCUT2D eigenvalue weighted by atomic mass is 10.0. The van der Waals surface area contributed by atoms with Crippen LogP contribution < -0.4 is 0 Å². The Hall–Kier alpha value is -0.980. The number of hydrogen-bond donors (Lipinski definition) is 1. The maximum absolute atomic E-state index is 9.74. The van der Waals surface area contributed by atoms with Gasteiger partial charge in [-0.25, -0.2) is 0 Å². The average molecular weight is 347 g/mol. The zero-order valence-corrected chi connectivity index (χ0v) is 16.9. The molecule has 0 radical (unpaired) electrons. The first-order chi connectivity index (χ1) is 12.2. The van der Waals surface area contributed by atoms with Crippen molar-refractivity contribution < 1.29 is 5.11 Å². The van der Waals surface area contributed by atoms with Gasteiger partial charge in [-0.15, -0.1) is 0 Å². The summed E-state index contributed by atoms with van der Waals surface area (Å²) >= 11 is 0. The molecular formula is C24H42O. The second-order valence-electron chi connectivity index (χ2n) is 8.16. The molecule has 1 aromatic carbocycles. The number of aromatic hydroxyl groups is 1. The number of phenols is 1. The van der Waals surface area contributed by atoms with Gasteiger partial charge in [0.25, 0.3) is 0 Å². The summed E-state index contributed by atoms with van der Waals surface area (Å²) in [5, 5.41) is 9.74. The highest BCUT2D eigenvalue weighted by Crippen LogP contribution is 2.19. The zero-order valence-electron chi connectivity index (χ0n) is 16.9. The van der Waals surface area contributed by atoms with Crippen LogP contribution in [-0.2, 0) is 6.42 Å². The second-order valence-corrected chi connectivity index (χ2v) is 8.16. The van der Waals surface area contributed by atoms with Crippen LogP contribution in [0.2, 0.25) is 0 Å². The number of phenolic OH excluding ortho intramolecular Hbond substituents is 1. The first-order valence-corrected chi connectivity index (χ1v) is 11.0. The standard InChI is InChI=1S/C24H42O/c1-22(2)18-14-12-10-8-6-4-3-5-7-9-11-13-15-19-23-20-16-17-21-24(23)25/h16-17,20-22,25H,3-15,18-19H2,1-2H3. The van der Waals surface area contributed by atoms with Gasteiger partial charge in [0.05, 0.1) is 0 Å². The number of benzene rings is 1. The van der Waals surface area contributed by atoms with Crippen LogP contribution in [0.5, 0.6) is 5.75 Å². The minimum atomic E-state index is 0.461. The van der Waals surface area contributed by atoms with Gasteiger partial charge in [-0.2, -0.15) is 0 Å². The largest absolute Gasteiger partial charge is 0.508 e. The van der Waals surface area contributed by atoms with Gasteiger partial charge in [0, 0.05) is 0 Å². The first kappa shape index (κ1) is 22.1. The monoisotopic (exact) mass is 346 g/mol. The Balaban J connectivity index is 1.77. The van der Waals surface area contributed by atoms with Crippen LogP contribution in [0, 0.1) is 5.92 Å². The van der Waals surface area contributed by atoms with E-state index in [1.807, 2.05) is 18.2 Å². The summed E-state index contributed by atoms with van der Waals surface area (Å²) in [5.74, 6) is 1.34. The predicted octanol–water partition coefficient (Wildman–Crippen LogP) is 8.05. The Kier molecular flexibility index (Phi) is 13.5. The summed E-state index contributed by atoms with van der Waals surface area (Å²) < 4.78 is 0. The normalized spacial score (nSPS) is 11.3. The molecule has 0 aliphatic carbocycles. The minimum Gasteiger partial charge on any atom is -0.508 e. The molecule has 0 bridgehead atoms. The van der Waals surface area contributed by atoms with Crippen LogP contribution in [0.25, 0.3) is 0 Å². The summed E-state index contributed by atoms with van der Waals surface area (Å²) in [6, 6.07) is 7.74. The lowest BCUT2D eigenvalue weighted by Crippen LogP contribution is -1.88.